The van der Waals surface area contributed by atoms with Gasteiger partial charge in [-0.3, -0.25) is 4.79 Å². The lowest BCUT2D eigenvalue weighted by atomic mass is 9.99. The third-order valence-electron chi connectivity index (χ3n) is 4.10. The highest BCUT2D eigenvalue weighted by Gasteiger charge is 2.22. The predicted molar refractivity (Wildman–Crippen MR) is 116 cm³/mol. The lowest BCUT2D eigenvalue weighted by Gasteiger charge is -2.20. The maximum absolute atomic E-state index is 12.9. The van der Waals surface area contributed by atoms with Gasteiger partial charge in [0.1, 0.15) is 0 Å². The molecule has 0 spiro atoms. The lowest BCUT2D eigenvalue weighted by Crippen LogP contribution is -2.40. The molecule has 0 unspecified atom stereocenters. The van der Waals surface area contributed by atoms with E-state index in [1.165, 1.54) is 12.1 Å². The second-order valence-electron chi connectivity index (χ2n) is 7.75. The number of benzene rings is 3. The molecule has 3 aromatic carbocycles. The van der Waals surface area contributed by atoms with Gasteiger partial charge in [0.15, 0.2) is 0 Å². The van der Waals surface area contributed by atoms with Crippen LogP contribution in [-0.2, 0) is 10.0 Å². The molecule has 5 nitrogen and oxygen atoms in total. The highest BCUT2D eigenvalue weighted by Crippen LogP contribution is 2.25. The van der Waals surface area contributed by atoms with Crippen LogP contribution in [0.5, 0.6) is 0 Å². The first-order valence-electron chi connectivity index (χ1n) is 9.26. The molecule has 0 bridgehead atoms. The Morgan fingerprint density at radius 2 is 1.48 bits per heavy atom. The van der Waals surface area contributed by atoms with Crippen LogP contribution in [0.1, 0.15) is 31.1 Å². The molecule has 0 aliphatic heterocycles. The highest BCUT2D eigenvalue weighted by molar-refractivity contribution is 7.89. The number of hydrogen-bond acceptors (Lipinski definition) is 3. The number of carbonyl (C=O) groups excluding carboxylic acids is 1. The number of rotatable bonds is 5. The van der Waals surface area contributed by atoms with Crippen molar-refractivity contribution < 1.29 is 13.2 Å². The van der Waals surface area contributed by atoms with Crippen molar-refractivity contribution in [1.82, 2.24) is 4.72 Å². The summed E-state index contributed by atoms with van der Waals surface area (Å²) in [5.74, 6) is -0.303. The Bertz CT molecular complexity index is 1120. The van der Waals surface area contributed by atoms with Crippen molar-refractivity contribution in [3.8, 4) is 11.1 Å². The number of carbonyl (C=O) groups is 1. The van der Waals surface area contributed by atoms with E-state index in [4.69, 9.17) is 0 Å². The van der Waals surface area contributed by atoms with Gasteiger partial charge in [0.25, 0.3) is 5.91 Å². The number of sulfonamides is 1. The molecular weight excluding hydrogens is 384 g/mol. The van der Waals surface area contributed by atoms with Crippen LogP contribution in [0.3, 0.4) is 0 Å². The van der Waals surface area contributed by atoms with Gasteiger partial charge < -0.3 is 5.32 Å². The number of anilines is 1. The van der Waals surface area contributed by atoms with E-state index in [9.17, 15) is 13.2 Å². The molecule has 0 aliphatic carbocycles. The largest absolute Gasteiger partial charge is 0.322 e. The third-order valence-corrected chi connectivity index (χ3v) is 5.85. The van der Waals surface area contributed by atoms with E-state index < -0.39 is 15.6 Å². The van der Waals surface area contributed by atoms with Gasteiger partial charge in [0.2, 0.25) is 10.0 Å². The topological polar surface area (TPSA) is 75.3 Å². The fraction of sp³-hybridized carbons (Fsp3) is 0.174. The van der Waals surface area contributed by atoms with Gasteiger partial charge in [-0.2, -0.15) is 0 Å². The first kappa shape index (κ1) is 20.8. The summed E-state index contributed by atoms with van der Waals surface area (Å²) >= 11 is 0. The normalized spacial score (nSPS) is 11.8. The zero-order valence-corrected chi connectivity index (χ0v) is 17.5. The molecule has 0 radical (unpaired) electrons. The molecule has 0 aromatic heterocycles. The summed E-state index contributed by atoms with van der Waals surface area (Å²) in [6.07, 6.45) is 0. The lowest BCUT2D eigenvalue weighted by molar-refractivity contribution is 0.102. The summed E-state index contributed by atoms with van der Waals surface area (Å²) in [6.45, 7) is 5.32. The van der Waals surface area contributed by atoms with Crippen molar-refractivity contribution in [2.45, 2.75) is 31.2 Å². The fourth-order valence-corrected chi connectivity index (χ4v) is 4.42. The molecule has 0 aliphatic rings. The summed E-state index contributed by atoms with van der Waals surface area (Å²) < 4.78 is 27.8. The molecule has 3 aromatic rings. The third kappa shape index (κ3) is 5.31. The van der Waals surface area contributed by atoms with Gasteiger partial charge >= 0.3 is 0 Å². The average Bonchev–Trinajstić information content (AvgIpc) is 2.67. The Hall–Kier alpha value is -2.96. The minimum absolute atomic E-state index is 0.0987. The van der Waals surface area contributed by atoms with Crippen molar-refractivity contribution in [3.05, 3.63) is 84.4 Å². The molecule has 0 fully saturated rings. The molecular formula is C23H24N2O3S. The van der Waals surface area contributed by atoms with Crippen LogP contribution in [-0.4, -0.2) is 19.9 Å². The maximum atomic E-state index is 12.9. The fourth-order valence-electron chi connectivity index (χ4n) is 2.95. The molecule has 0 heterocycles. The van der Waals surface area contributed by atoms with E-state index in [1.807, 2.05) is 42.5 Å². The molecule has 150 valence electrons. The van der Waals surface area contributed by atoms with Crippen LogP contribution < -0.4 is 10.0 Å². The monoisotopic (exact) mass is 408 g/mol. The van der Waals surface area contributed by atoms with Crippen LogP contribution in [0.15, 0.2) is 83.8 Å². The van der Waals surface area contributed by atoms with Gasteiger partial charge in [0.05, 0.1) is 4.90 Å². The first-order valence-corrected chi connectivity index (χ1v) is 10.7. The van der Waals surface area contributed by atoms with Crippen LogP contribution in [0.2, 0.25) is 0 Å². The Kier molecular flexibility index (Phi) is 5.86. The van der Waals surface area contributed by atoms with Crippen molar-refractivity contribution >= 4 is 21.6 Å². The summed E-state index contributed by atoms with van der Waals surface area (Å²) in [6, 6.07) is 23.2. The molecule has 0 saturated carbocycles. The van der Waals surface area contributed by atoms with Crippen molar-refractivity contribution in [2.75, 3.05) is 5.32 Å². The van der Waals surface area contributed by atoms with Crippen LogP contribution in [0, 0.1) is 0 Å². The molecule has 0 saturated heterocycles. The SMILES string of the molecule is CC(C)(C)NS(=O)(=O)c1cccc(NC(=O)c2ccccc2-c2ccccc2)c1. The zero-order valence-electron chi connectivity index (χ0n) is 16.6. The van der Waals surface area contributed by atoms with E-state index in [0.29, 0.717) is 11.3 Å². The van der Waals surface area contributed by atoms with Crippen LogP contribution in [0.25, 0.3) is 11.1 Å². The molecule has 0 atom stereocenters. The smallest absolute Gasteiger partial charge is 0.256 e. The van der Waals surface area contributed by atoms with E-state index >= 15 is 0 Å². The molecule has 6 heteroatoms. The Labute approximate surface area is 171 Å². The number of hydrogen-bond donors (Lipinski definition) is 2. The second kappa shape index (κ2) is 8.19. The summed E-state index contributed by atoms with van der Waals surface area (Å²) in [5, 5.41) is 2.81. The van der Waals surface area contributed by atoms with E-state index in [-0.39, 0.29) is 10.8 Å². The second-order valence-corrected chi connectivity index (χ2v) is 9.43. The molecule has 1 amide bonds. The Morgan fingerprint density at radius 1 is 0.828 bits per heavy atom. The Balaban J connectivity index is 1.88. The molecule has 2 N–H and O–H groups in total. The van der Waals surface area contributed by atoms with Gasteiger partial charge in [-0.15, -0.1) is 0 Å². The van der Waals surface area contributed by atoms with E-state index in [1.54, 1.807) is 45.0 Å². The van der Waals surface area contributed by atoms with Crippen LogP contribution >= 0.6 is 0 Å². The van der Waals surface area contributed by atoms with E-state index in [0.717, 1.165) is 11.1 Å². The predicted octanol–water partition coefficient (Wildman–Crippen LogP) is 4.68. The first-order chi connectivity index (χ1) is 13.7. The van der Waals surface area contributed by atoms with Crippen molar-refractivity contribution in [2.24, 2.45) is 0 Å². The van der Waals surface area contributed by atoms with Gasteiger partial charge in [0, 0.05) is 16.8 Å². The minimum atomic E-state index is -3.69. The quantitative estimate of drug-likeness (QED) is 0.643. The van der Waals surface area contributed by atoms with Gasteiger partial charge in [-0.25, -0.2) is 13.1 Å². The van der Waals surface area contributed by atoms with Crippen LogP contribution in [0.4, 0.5) is 5.69 Å². The molecule has 29 heavy (non-hydrogen) atoms. The van der Waals surface area contributed by atoms with Gasteiger partial charge in [-0.1, -0.05) is 54.6 Å². The van der Waals surface area contributed by atoms with Gasteiger partial charge in [-0.05, 0) is 56.2 Å². The van der Waals surface area contributed by atoms with E-state index in [2.05, 4.69) is 10.0 Å². The summed E-state index contributed by atoms with van der Waals surface area (Å²) in [7, 11) is -3.69. The zero-order chi connectivity index (χ0) is 21.1. The standard InChI is InChI=1S/C23H24N2O3S/c1-23(2,3)25-29(27,28)19-13-9-12-18(16-19)24-22(26)21-15-8-7-14-20(21)17-10-5-4-6-11-17/h4-16,25H,1-3H3,(H,24,26). The number of nitrogens with one attached hydrogen (secondary N) is 2. The summed E-state index contributed by atoms with van der Waals surface area (Å²) in [5.41, 5.74) is 2.06. The molecule has 3 rings (SSSR count). The maximum Gasteiger partial charge on any atom is 0.256 e. The van der Waals surface area contributed by atoms with Crippen molar-refractivity contribution in [3.63, 3.8) is 0 Å². The minimum Gasteiger partial charge on any atom is -0.322 e. The van der Waals surface area contributed by atoms with Crippen molar-refractivity contribution in [1.29, 1.82) is 0 Å². The average molecular weight is 409 g/mol. The summed E-state index contributed by atoms with van der Waals surface area (Å²) in [4.78, 5) is 13.0. The number of amides is 1. The highest BCUT2D eigenvalue weighted by atomic mass is 32.2. The Morgan fingerprint density at radius 3 is 2.17 bits per heavy atom.